The Morgan fingerprint density at radius 2 is 2.08 bits per heavy atom. The van der Waals surface area contributed by atoms with Gasteiger partial charge in [0.25, 0.3) is 5.91 Å². The standard InChI is InChI=1S/C20H28N2O4/c1-12-17(18-14(21-12)5-4-6-15(18)23)19(24)22-10-9-20(26-3)8-7-13(25-2)11-16(20)22/h13,16,21H,4-11H2,1-3H3/t13-,16+,20-/m1/s1. The van der Waals surface area contributed by atoms with Gasteiger partial charge in [-0.2, -0.15) is 0 Å². The number of ketones is 1. The summed E-state index contributed by atoms with van der Waals surface area (Å²) in [5, 5.41) is 0. The smallest absolute Gasteiger partial charge is 0.256 e. The van der Waals surface area contributed by atoms with Crippen LogP contribution in [0.25, 0.3) is 0 Å². The Kier molecular flexibility index (Phi) is 4.43. The zero-order valence-electron chi connectivity index (χ0n) is 15.9. The number of nitrogens with one attached hydrogen (secondary N) is 1. The Hall–Kier alpha value is -1.66. The van der Waals surface area contributed by atoms with Crippen LogP contribution in [0.4, 0.5) is 0 Å². The van der Waals surface area contributed by atoms with Gasteiger partial charge >= 0.3 is 0 Å². The highest BCUT2D eigenvalue weighted by Gasteiger charge is 2.53. The van der Waals surface area contributed by atoms with E-state index < -0.39 is 0 Å². The van der Waals surface area contributed by atoms with Crippen molar-refractivity contribution in [2.75, 3.05) is 20.8 Å². The number of aromatic amines is 1. The monoisotopic (exact) mass is 360 g/mol. The fourth-order valence-corrected chi connectivity index (χ4v) is 5.27. The molecule has 2 aliphatic carbocycles. The minimum atomic E-state index is -0.279. The third-order valence-electron chi connectivity index (χ3n) is 6.72. The molecule has 1 amide bonds. The normalized spacial score (nSPS) is 31.0. The number of aromatic nitrogens is 1. The van der Waals surface area contributed by atoms with Crippen molar-refractivity contribution in [3.8, 4) is 0 Å². The molecule has 0 aromatic carbocycles. The van der Waals surface area contributed by atoms with Gasteiger partial charge in [0, 0.05) is 38.6 Å². The maximum absolute atomic E-state index is 13.5. The highest BCUT2D eigenvalue weighted by atomic mass is 16.5. The van der Waals surface area contributed by atoms with Gasteiger partial charge < -0.3 is 19.4 Å². The topological polar surface area (TPSA) is 71.6 Å². The van der Waals surface area contributed by atoms with Gasteiger partial charge in [-0.25, -0.2) is 0 Å². The van der Waals surface area contributed by atoms with Crippen LogP contribution in [0.15, 0.2) is 0 Å². The Bertz CT molecular complexity index is 740. The van der Waals surface area contributed by atoms with Crippen molar-refractivity contribution in [2.45, 2.75) is 69.6 Å². The van der Waals surface area contributed by atoms with Gasteiger partial charge in [-0.3, -0.25) is 9.59 Å². The fraction of sp³-hybridized carbons (Fsp3) is 0.700. The molecule has 1 aromatic heterocycles. The summed E-state index contributed by atoms with van der Waals surface area (Å²) >= 11 is 0. The van der Waals surface area contributed by atoms with Crippen LogP contribution < -0.4 is 0 Å². The molecule has 0 unspecified atom stereocenters. The summed E-state index contributed by atoms with van der Waals surface area (Å²) in [5.41, 5.74) is 2.67. The molecule has 3 aliphatic rings. The van der Waals surface area contributed by atoms with Gasteiger partial charge in [0.2, 0.25) is 0 Å². The Morgan fingerprint density at radius 1 is 1.27 bits per heavy atom. The van der Waals surface area contributed by atoms with Crippen LogP contribution in [-0.2, 0) is 15.9 Å². The number of hydrogen-bond donors (Lipinski definition) is 1. The number of aryl methyl sites for hydroxylation is 2. The molecule has 26 heavy (non-hydrogen) atoms. The zero-order chi connectivity index (χ0) is 18.5. The third-order valence-corrected chi connectivity index (χ3v) is 6.72. The van der Waals surface area contributed by atoms with Crippen molar-refractivity contribution in [2.24, 2.45) is 0 Å². The quantitative estimate of drug-likeness (QED) is 0.899. The molecule has 2 fully saturated rings. The number of amides is 1. The molecular formula is C20H28N2O4. The number of Topliss-reactive ketones (excluding diaryl/α,β-unsaturated/α-hetero) is 1. The summed E-state index contributed by atoms with van der Waals surface area (Å²) in [5.74, 6) is 0.0606. The van der Waals surface area contributed by atoms with Crippen LogP contribution in [-0.4, -0.2) is 60.1 Å². The number of carbonyl (C=O) groups is 2. The number of rotatable bonds is 3. The molecule has 6 nitrogen and oxygen atoms in total. The average Bonchev–Trinajstić information content (AvgIpc) is 3.19. The lowest BCUT2D eigenvalue weighted by Crippen LogP contribution is -2.53. The van der Waals surface area contributed by atoms with Gasteiger partial charge in [0.15, 0.2) is 5.78 Å². The molecule has 142 valence electrons. The molecule has 2 heterocycles. The predicted molar refractivity (Wildman–Crippen MR) is 96.6 cm³/mol. The maximum atomic E-state index is 13.5. The van der Waals surface area contributed by atoms with E-state index in [0.29, 0.717) is 24.1 Å². The van der Waals surface area contributed by atoms with Crippen LogP contribution >= 0.6 is 0 Å². The van der Waals surface area contributed by atoms with Crippen LogP contribution in [0.5, 0.6) is 0 Å². The van der Waals surface area contributed by atoms with Crippen molar-refractivity contribution in [3.05, 3.63) is 22.5 Å². The number of nitrogens with zero attached hydrogens (tertiary/aromatic N) is 1. The summed E-state index contributed by atoms with van der Waals surface area (Å²) in [4.78, 5) is 31.2. The molecule has 3 atom stereocenters. The van der Waals surface area contributed by atoms with Crippen molar-refractivity contribution in [3.63, 3.8) is 0 Å². The molecule has 1 aromatic rings. The van der Waals surface area contributed by atoms with Gasteiger partial charge in [0.05, 0.1) is 28.9 Å². The number of fused-ring (bicyclic) bond motifs is 2. The number of carbonyl (C=O) groups excluding carboxylic acids is 2. The van der Waals surface area contributed by atoms with Crippen LogP contribution in [0.1, 0.15) is 70.6 Å². The number of ether oxygens (including phenoxy) is 2. The number of hydrogen-bond acceptors (Lipinski definition) is 4. The van der Waals surface area contributed by atoms with Crippen molar-refractivity contribution in [1.29, 1.82) is 0 Å². The van der Waals surface area contributed by atoms with Crippen LogP contribution in [0, 0.1) is 6.92 Å². The molecule has 4 rings (SSSR count). The van der Waals surface area contributed by atoms with E-state index in [2.05, 4.69) is 4.98 Å². The summed E-state index contributed by atoms with van der Waals surface area (Å²) in [6, 6.07) is 0.00217. The maximum Gasteiger partial charge on any atom is 0.256 e. The SMILES string of the molecule is CO[C@@H]1CC[C@@]2(OC)CCN(C(=O)c3c(C)[nH]c4c3C(=O)CCC4)[C@H]2C1. The number of methoxy groups -OCH3 is 2. The second kappa shape index (κ2) is 6.50. The first-order chi connectivity index (χ1) is 12.5. The number of likely N-dealkylation sites (tertiary alicyclic amines) is 1. The molecular weight excluding hydrogens is 332 g/mol. The van der Waals surface area contributed by atoms with Crippen molar-refractivity contribution < 1.29 is 19.1 Å². The highest BCUT2D eigenvalue weighted by Crippen LogP contribution is 2.44. The molecule has 1 aliphatic heterocycles. The van der Waals surface area contributed by atoms with E-state index in [4.69, 9.17) is 9.47 Å². The summed E-state index contributed by atoms with van der Waals surface area (Å²) in [7, 11) is 3.48. The predicted octanol–water partition coefficient (Wildman–Crippen LogP) is 2.64. The van der Waals surface area contributed by atoms with E-state index >= 15 is 0 Å². The lowest BCUT2D eigenvalue weighted by molar-refractivity contribution is -0.0893. The van der Waals surface area contributed by atoms with Gasteiger partial charge in [-0.1, -0.05) is 0 Å². The minimum Gasteiger partial charge on any atom is -0.381 e. The van der Waals surface area contributed by atoms with E-state index in [1.165, 1.54) is 0 Å². The fourth-order valence-electron chi connectivity index (χ4n) is 5.27. The van der Waals surface area contributed by atoms with E-state index in [-0.39, 0.29) is 29.4 Å². The number of H-pyrrole nitrogens is 1. The average molecular weight is 360 g/mol. The summed E-state index contributed by atoms with van der Waals surface area (Å²) in [6.07, 6.45) is 5.87. The molecule has 1 N–H and O–H groups in total. The van der Waals surface area contributed by atoms with E-state index in [9.17, 15) is 9.59 Å². The largest absolute Gasteiger partial charge is 0.381 e. The Morgan fingerprint density at radius 3 is 2.81 bits per heavy atom. The second-order valence-electron chi connectivity index (χ2n) is 7.92. The van der Waals surface area contributed by atoms with E-state index in [1.54, 1.807) is 14.2 Å². The molecule has 6 heteroatoms. The second-order valence-corrected chi connectivity index (χ2v) is 7.92. The molecule has 1 saturated carbocycles. The third kappa shape index (κ3) is 2.54. The lowest BCUT2D eigenvalue weighted by Gasteiger charge is -2.43. The first-order valence-electron chi connectivity index (χ1n) is 9.64. The molecule has 1 saturated heterocycles. The molecule has 0 bridgehead atoms. The molecule has 0 radical (unpaired) electrons. The van der Waals surface area contributed by atoms with Gasteiger partial charge in [0.1, 0.15) is 0 Å². The highest BCUT2D eigenvalue weighted by molar-refractivity contribution is 6.10. The zero-order valence-corrected chi connectivity index (χ0v) is 15.9. The first-order valence-corrected chi connectivity index (χ1v) is 9.64. The summed E-state index contributed by atoms with van der Waals surface area (Å²) in [6.45, 7) is 2.57. The van der Waals surface area contributed by atoms with Gasteiger partial charge in [-0.05, 0) is 45.4 Å². The van der Waals surface area contributed by atoms with Crippen LogP contribution in [0.3, 0.4) is 0 Å². The van der Waals surface area contributed by atoms with E-state index in [1.807, 2.05) is 11.8 Å². The van der Waals surface area contributed by atoms with E-state index in [0.717, 1.165) is 49.9 Å². The Balaban J connectivity index is 1.69. The van der Waals surface area contributed by atoms with Crippen molar-refractivity contribution >= 4 is 11.7 Å². The lowest BCUT2D eigenvalue weighted by atomic mass is 9.79. The minimum absolute atomic E-state index is 0.00217. The molecule has 0 spiro atoms. The first kappa shape index (κ1) is 17.7. The van der Waals surface area contributed by atoms with Crippen molar-refractivity contribution in [1.82, 2.24) is 9.88 Å². The van der Waals surface area contributed by atoms with Gasteiger partial charge in [-0.15, -0.1) is 0 Å². The Labute approximate surface area is 154 Å². The van der Waals surface area contributed by atoms with Crippen LogP contribution in [0.2, 0.25) is 0 Å². The summed E-state index contributed by atoms with van der Waals surface area (Å²) < 4.78 is 11.5.